The van der Waals surface area contributed by atoms with Crippen molar-refractivity contribution in [1.29, 1.82) is 0 Å². The summed E-state index contributed by atoms with van der Waals surface area (Å²) in [4.78, 5) is 0. The van der Waals surface area contributed by atoms with Crippen LogP contribution < -0.4 is 0 Å². The van der Waals surface area contributed by atoms with E-state index < -0.39 is 0 Å². The van der Waals surface area contributed by atoms with Crippen LogP contribution in [0.2, 0.25) is 0 Å². The zero-order valence-corrected chi connectivity index (χ0v) is 8.24. The van der Waals surface area contributed by atoms with Crippen LogP contribution in [-0.4, -0.2) is 41.4 Å². The van der Waals surface area contributed by atoms with Gasteiger partial charge < -0.3 is 0 Å². The van der Waals surface area contributed by atoms with E-state index in [-0.39, 0.29) is 55.4 Å². The van der Waals surface area contributed by atoms with Crippen molar-refractivity contribution in [3.63, 3.8) is 0 Å². The molecule has 0 rings (SSSR count). The summed E-state index contributed by atoms with van der Waals surface area (Å²) in [6.07, 6.45) is 0. The first-order valence-electron chi connectivity index (χ1n) is 0.447. The molecule has 5 heavy (non-hydrogen) atoms. The van der Waals surface area contributed by atoms with Crippen molar-refractivity contribution in [3.05, 3.63) is 0 Å². The second-order valence-corrected chi connectivity index (χ2v) is 0. The first kappa shape index (κ1) is 26.5. The molecule has 27 valence electrons. The molecule has 0 fully saturated rings. The summed E-state index contributed by atoms with van der Waals surface area (Å²) in [5, 5.41) is 0. The van der Waals surface area contributed by atoms with Gasteiger partial charge in [0.05, 0.1) is 0 Å². The van der Waals surface area contributed by atoms with Crippen LogP contribution in [0.3, 0.4) is 0 Å². The number of rotatable bonds is 0. The molecule has 0 saturated heterocycles. The molecule has 1 radical (unpaired) electrons. The smallest absolute Gasteiger partial charge is 0 e. The molecule has 0 amide bonds. The van der Waals surface area contributed by atoms with Gasteiger partial charge in [0.1, 0.15) is 0 Å². The molecule has 0 saturated carbocycles. The predicted octanol–water partition coefficient (Wildman–Crippen LogP) is -2.22. The Labute approximate surface area is 77.1 Å². The van der Waals surface area contributed by atoms with Crippen LogP contribution in [0.5, 0.6) is 0 Å². The Kier molecular flexibility index (Phi) is 176. The Bertz CT molecular complexity index is 11.6. The molecule has 0 aromatic rings. The quantitative estimate of drug-likeness (QED) is 0.413. The zero-order valence-electron chi connectivity index (χ0n) is 2.46. The van der Waals surface area contributed by atoms with E-state index >= 15 is 0 Å². The minimum atomic E-state index is 0. The van der Waals surface area contributed by atoms with Gasteiger partial charge >= 0.3 is 41.4 Å². The van der Waals surface area contributed by atoms with Crippen molar-refractivity contribution in [3.8, 4) is 0 Å². The maximum atomic E-state index is 2.31. The van der Waals surface area contributed by atoms with E-state index in [0.29, 0.717) is 0 Å². The van der Waals surface area contributed by atoms with Crippen LogP contribution in [0.4, 0.5) is 0 Å². The molecule has 0 aliphatic heterocycles. The van der Waals surface area contributed by atoms with E-state index in [2.05, 4.69) is 15.8 Å². The van der Waals surface area contributed by atoms with Crippen molar-refractivity contribution in [2.24, 2.45) is 0 Å². The number of hydrogen-bond acceptors (Lipinski definition) is 0. The van der Waals surface area contributed by atoms with Gasteiger partial charge in [0.15, 0.2) is 0 Å². The predicted molar refractivity (Wildman–Crippen MR) is 22.8 cm³/mol. The summed E-state index contributed by atoms with van der Waals surface area (Å²) in [5.41, 5.74) is 0. The SMILES string of the molecule is B[SeH].[Cu].[LiH].[Zn]. The Morgan fingerprint density at radius 2 is 1.20 bits per heavy atom. The molecule has 0 aromatic carbocycles. The Hall–Kier alpha value is 2.32. The molecular formula is H4BCuLiSeZn. The second-order valence-electron chi connectivity index (χ2n) is 0. The fraction of sp³-hybridized carbons (Fsp3) is 0. The first-order chi connectivity index (χ1) is 1.00. The van der Waals surface area contributed by atoms with Crippen LogP contribution >= 0.6 is 0 Å². The molecule has 0 bridgehead atoms. The van der Waals surface area contributed by atoms with Crippen LogP contribution in [0, 0.1) is 0 Å². The summed E-state index contributed by atoms with van der Waals surface area (Å²) >= 11 is 2.31. The van der Waals surface area contributed by atoms with Gasteiger partial charge in [-0.15, -0.1) is 0 Å². The van der Waals surface area contributed by atoms with Crippen molar-refractivity contribution in [1.82, 2.24) is 0 Å². The summed E-state index contributed by atoms with van der Waals surface area (Å²) in [6, 6.07) is 0. The molecular weight excluding hydrogens is 226 g/mol. The molecule has 0 aliphatic rings. The molecule has 0 nitrogen and oxygen atoms in total. The Balaban J connectivity index is -0.00000000167. The first-order valence-corrected chi connectivity index (χ1v) is 2.32. The van der Waals surface area contributed by atoms with Crippen LogP contribution in [0.25, 0.3) is 0 Å². The third kappa shape index (κ3) is 21.9. The van der Waals surface area contributed by atoms with E-state index in [1.807, 2.05) is 6.66 Å². The van der Waals surface area contributed by atoms with Gasteiger partial charge in [-0.3, -0.25) is 0 Å². The maximum Gasteiger partial charge on any atom is 0 e. The van der Waals surface area contributed by atoms with Crippen molar-refractivity contribution in [2.45, 2.75) is 0 Å². The molecule has 0 N–H and O–H groups in total. The van der Waals surface area contributed by atoms with E-state index in [4.69, 9.17) is 0 Å². The fourth-order valence-electron chi connectivity index (χ4n) is 0. The van der Waals surface area contributed by atoms with E-state index in [1.54, 1.807) is 0 Å². The van der Waals surface area contributed by atoms with Crippen LogP contribution in [0.15, 0.2) is 0 Å². The molecule has 5 heteroatoms. The minimum Gasteiger partial charge on any atom is 0 e. The van der Waals surface area contributed by atoms with Crippen molar-refractivity contribution in [2.75, 3.05) is 0 Å². The molecule has 0 aliphatic carbocycles. The van der Waals surface area contributed by atoms with E-state index in [0.717, 1.165) is 0 Å². The normalized spacial score (nSPS) is 1.00. The summed E-state index contributed by atoms with van der Waals surface area (Å²) in [5.74, 6) is 0. The number of hydrogen-bond donors (Lipinski definition) is 0. The average molecular weight is 230 g/mol. The minimum absolute atomic E-state index is 0. The summed E-state index contributed by atoms with van der Waals surface area (Å²) < 4.78 is 0. The van der Waals surface area contributed by atoms with Crippen molar-refractivity contribution >= 4 is 41.4 Å². The van der Waals surface area contributed by atoms with Crippen molar-refractivity contribution < 1.29 is 36.5 Å². The summed E-state index contributed by atoms with van der Waals surface area (Å²) in [7, 11) is 0. The van der Waals surface area contributed by atoms with Gasteiger partial charge in [0, 0.05) is 36.5 Å². The Morgan fingerprint density at radius 1 is 1.20 bits per heavy atom. The third-order valence-corrected chi connectivity index (χ3v) is 0. The maximum absolute atomic E-state index is 2.31. The summed E-state index contributed by atoms with van der Waals surface area (Å²) in [6.45, 7) is 1.94. The fourth-order valence-corrected chi connectivity index (χ4v) is 0. The third-order valence-electron chi connectivity index (χ3n) is 0. The second kappa shape index (κ2) is 33.2. The molecule has 0 unspecified atom stereocenters. The van der Waals surface area contributed by atoms with Crippen LogP contribution in [0.1, 0.15) is 0 Å². The van der Waals surface area contributed by atoms with Gasteiger partial charge in [0.25, 0.3) is 0 Å². The topological polar surface area (TPSA) is 0 Å². The zero-order chi connectivity index (χ0) is 2.00. The standard InChI is InChI=1S/BH3Se.Cu.Li.Zn.H/c1-2;;;;/h2H,1H2;;;;. The van der Waals surface area contributed by atoms with Gasteiger partial charge in [-0.25, -0.2) is 0 Å². The van der Waals surface area contributed by atoms with Gasteiger partial charge in [-0.1, -0.05) is 0 Å². The van der Waals surface area contributed by atoms with Gasteiger partial charge in [-0.2, -0.15) is 0 Å². The molecule has 0 heterocycles. The van der Waals surface area contributed by atoms with Crippen LogP contribution in [-0.2, 0) is 36.5 Å². The monoisotopic (exact) mass is 229 g/mol. The molecule has 0 spiro atoms. The van der Waals surface area contributed by atoms with E-state index in [1.165, 1.54) is 0 Å². The molecule has 0 atom stereocenters. The van der Waals surface area contributed by atoms with Gasteiger partial charge in [0.2, 0.25) is 0 Å². The Morgan fingerprint density at radius 3 is 1.20 bits per heavy atom. The average Bonchev–Trinajstić information content (AvgIpc) is 1.00. The molecule has 0 aromatic heterocycles. The van der Waals surface area contributed by atoms with E-state index in [9.17, 15) is 0 Å². The largest absolute Gasteiger partial charge is 0 e. The van der Waals surface area contributed by atoms with Gasteiger partial charge in [-0.05, 0) is 0 Å².